The summed E-state index contributed by atoms with van der Waals surface area (Å²) < 4.78 is 10.6. The zero-order chi connectivity index (χ0) is 20.2. The Kier molecular flexibility index (Phi) is 5.48. The standard InChI is InChI=1S/C22H20N2O4S/c1-27-15-7-9-16(10-8-15)28-13-21(26)23-14-6-11-19(25)17(12-14)22-24-18-4-2-3-5-20(18)29-22/h2-12,22,24-25H,13H2,1H3,(H,23,26). The van der Waals surface area contributed by atoms with E-state index in [2.05, 4.69) is 10.6 Å². The van der Waals surface area contributed by atoms with Crippen LogP contribution in [0.4, 0.5) is 11.4 Å². The van der Waals surface area contributed by atoms with Gasteiger partial charge in [0.05, 0.1) is 7.11 Å². The highest BCUT2D eigenvalue weighted by atomic mass is 32.2. The normalized spacial score (nSPS) is 14.6. The van der Waals surface area contributed by atoms with Gasteiger partial charge in [0.1, 0.15) is 22.6 Å². The summed E-state index contributed by atoms with van der Waals surface area (Å²) in [6.45, 7) is -0.121. The molecule has 0 aliphatic carbocycles. The van der Waals surface area contributed by atoms with Crippen LogP contribution in [0.5, 0.6) is 17.2 Å². The van der Waals surface area contributed by atoms with Gasteiger partial charge < -0.3 is 25.2 Å². The highest BCUT2D eigenvalue weighted by molar-refractivity contribution is 8.00. The molecule has 1 heterocycles. The van der Waals surface area contributed by atoms with E-state index in [1.807, 2.05) is 24.3 Å². The lowest BCUT2D eigenvalue weighted by Crippen LogP contribution is -2.20. The van der Waals surface area contributed by atoms with Crippen LogP contribution in [0.25, 0.3) is 0 Å². The van der Waals surface area contributed by atoms with Crippen LogP contribution >= 0.6 is 11.8 Å². The Morgan fingerprint density at radius 3 is 2.62 bits per heavy atom. The van der Waals surface area contributed by atoms with Gasteiger partial charge in [-0.25, -0.2) is 0 Å². The zero-order valence-electron chi connectivity index (χ0n) is 15.7. The van der Waals surface area contributed by atoms with Gasteiger partial charge in [0.2, 0.25) is 0 Å². The van der Waals surface area contributed by atoms with Crippen LogP contribution in [0.15, 0.2) is 71.6 Å². The predicted octanol–water partition coefficient (Wildman–Crippen LogP) is 4.63. The maximum atomic E-state index is 12.3. The molecule has 3 aromatic carbocycles. The summed E-state index contributed by atoms with van der Waals surface area (Å²) in [6.07, 6.45) is 0. The van der Waals surface area contributed by atoms with Gasteiger partial charge in [-0.2, -0.15) is 0 Å². The fourth-order valence-corrected chi connectivity index (χ4v) is 4.15. The average molecular weight is 408 g/mol. The molecule has 0 spiro atoms. The Hall–Kier alpha value is -3.32. The van der Waals surface area contributed by atoms with E-state index in [-0.39, 0.29) is 23.6 Å². The number of fused-ring (bicyclic) bond motifs is 1. The van der Waals surface area contributed by atoms with E-state index < -0.39 is 0 Å². The molecule has 1 atom stereocenters. The molecule has 148 valence electrons. The lowest BCUT2D eigenvalue weighted by atomic mass is 10.1. The third kappa shape index (κ3) is 4.41. The average Bonchev–Trinajstić information content (AvgIpc) is 3.18. The largest absolute Gasteiger partial charge is 0.508 e. The first-order valence-corrected chi connectivity index (χ1v) is 9.92. The molecule has 1 aliphatic rings. The number of phenols is 1. The molecule has 1 amide bonds. The lowest BCUT2D eigenvalue weighted by Gasteiger charge is -2.15. The summed E-state index contributed by atoms with van der Waals surface area (Å²) in [4.78, 5) is 13.4. The third-order valence-electron chi connectivity index (χ3n) is 4.44. The topological polar surface area (TPSA) is 79.8 Å². The molecule has 3 aromatic rings. The molecule has 0 radical (unpaired) electrons. The minimum atomic E-state index is -0.284. The number of aromatic hydroxyl groups is 1. The van der Waals surface area contributed by atoms with E-state index in [9.17, 15) is 9.90 Å². The SMILES string of the molecule is COc1ccc(OCC(=O)Nc2ccc(O)c(C3Nc4ccccc4S3)c2)cc1. The number of carbonyl (C=O) groups is 1. The van der Waals surface area contributed by atoms with Crippen LogP contribution in [-0.4, -0.2) is 24.7 Å². The number of methoxy groups -OCH3 is 1. The molecule has 1 unspecified atom stereocenters. The van der Waals surface area contributed by atoms with Crippen LogP contribution in [-0.2, 0) is 4.79 Å². The van der Waals surface area contributed by atoms with Gasteiger partial charge in [-0.1, -0.05) is 23.9 Å². The summed E-state index contributed by atoms with van der Waals surface area (Å²) in [7, 11) is 1.59. The van der Waals surface area contributed by atoms with Crippen molar-refractivity contribution in [2.24, 2.45) is 0 Å². The number of benzene rings is 3. The highest BCUT2D eigenvalue weighted by Gasteiger charge is 2.25. The van der Waals surface area contributed by atoms with Gasteiger partial charge in [-0.3, -0.25) is 4.79 Å². The van der Waals surface area contributed by atoms with E-state index in [1.165, 1.54) is 0 Å². The second kappa shape index (κ2) is 8.36. The van der Waals surface area contributed by atoms with Crippen molar-refractivity contribution < 1.29 is 19.4 Å². The van der Waals surface area contributed by atoms with Crippen LogP contribution < -0.4 is 20.1 Å². The Morgan fingerprint density at radius 2 is 1.86 bits per heavy atom. The number of amides is 1. The fraction of sp³-hybridized carbons (Fsp3) is 0.136. The molecular formula is C22H20N2O4S. The fourth-order valence-electron chi connectivity index (χ4n) is 2.99. The summed E-state index contributed by atoms with van der Waals surface area (Å²) in [6, 6.07) is 20.0. The second-order valence-electron chi connectivity index (χ2n) is 6.42. The molecule has 0 bridgehead atoms. The molecule has 29 heavy (non-hydrogen) atoms. The number of phenolic OH excluding ortho intramolecular Hbond substituents is 1. The van der Waals surface area contributed by atoms with Crippen LogP contribution in [0.3, 0.4) is 0 Å². The zero-order valence-corrected chi connectivity index (χ0v) is 16.5. The van der Waals surface area contributed by atoms with Gasteiger partial charge in [-0.15, -0.1) is 0 Å². The van der Waals surface area contributed by atoms with Crippen LogP contribution in [0, 0.1) is 0 Å². The van der Waals surface area contributed by atoms with Crippen molar-refractivity contribution in [1.82, 2.24) is 0 Å². The number of hydrogen-bond acceptors (Lipinski definition) is 6. The van der Waals surface area contributed by atoms with Gasteiger partial charge in [-0.05, 0) is 54.6 Å². The smallest absolute Gasteiger partial charge is 0.262 e. The van der Waals surface area contributed by atoms with E-state index >= 15 is 0 Å². The summed E-state index contributed by atoms with van der Waals surface area (Å²) >= 11 is 1.62. The van der Waals surface area contributed by atoms with Crippen LogP contribution in [0.2, 0.25) is 0 Å². The molecule has 4 rings (SSSR count). The van der Waals surface area contributed by atoms with E-state index in [0.717, 1.165) is 16.3 Å². The molecule has 0 saturated carbocycles. The monoisotopic (exact) mass is 408 g/mol. The lowest BCUT2D eigenvalue weighted by molar-refractivity contribution is -0.118. The van der Waals surface area contributed by atoms with Crippen molar-refractivity contribution in [2.45, 2.75) is 10.3 Å². The first-order valence-electron chi connectivity index (χ1n) is 9.04. The van der Waals surface area contributed by atoms with Gasteiger partial charge >= 0.3 is 0 Å². The van der Waals surface area contributed by atoms with Crippen molar-refractivity contribution in [3.05, 3.63) is 72.3 Å². The number of rotatable bonds is 6. The number of hydrogen-bond donors (Lipinski definition) is 3. The Morgan fingerprint density at radius 1 is 1.10 bits per heavy atom. The number of carbonyl (C=O) groups excluding carboxylic acids is 1. The molecule has 7 heteroatoms. The predicted molar refractivity (Wildman–Crippen MR) is 114 cm³/mol. The Labute approximate surface area is 172 Å². The van der Waals surface area contributed by atoms with E-state index in [0.29, 0.717) is 17.0 Å². The minimum Gasteiger partial charge on any atom is -0.508 e. The molecule has 3 N–H and O–H groups in total. The van der Waals surface area contributed by atoms with E-state index in [4.69, 9.17) is 9.47 Å². The van der Waals surface area contributed by atoms with Crippen LogP contribution in [0.1, 0.15) is 10.9 Å². The number of anilines is 2. The third-order valence-corrected chi connectivity index (χ3v) is 5.66. The maximum Gasteiger partial charge on any atom is 0.262 e. The molecule has 6 nitrogen and oxygen atoms in total. The maximum absolute atomic E-state index is 12.3. The first-order chi connectivity index (χ1) is 14.1. The number of nitrogens with one attached hydrogen (secondary N) is 2. The summed E-state index contributed by atoms with van der Waals surface area (Å²) in [5.41, 5.74) is 2.34. The van der Waals surface area contributed by atoms with Gasteiger partial charge in [0.25, 0.3) is 5.91 Å². The van der Waals surface area contributed by atoms with Gasteiger partial charge in [0, 0.05) is 21.8 Å². The second-order valence-corrected chi connectivity index (χ2v) is 7.57. The number of para-hydroxylation sites is 1. The van der Waals surface area contributed by atoms with Gasteiger partial charge in [0.15, 0.2) is 6.61 Å². The molecule has 1 aliphatic heterocycles. The van der Waals surface area contributed by atoms with E-state index in [1.54, 1.807) is 61.3 Å². The van der Waals surface area contributed by atoms with Crippen molar-refractivity contribution >= 4 is 29.0 Å². The quantitative estimate of drug-likeness (QED) is 0.516. The summed E-state index contributed by atoms with van der Waals surface area (Å²) in [5, 5.41) is 16.4. The van der Waals surface area contributed by atoms with Crippen molar-refractivity contribution in [3.63, 3.8) is 0 Å². The molecular weight excluding hydrogens is 388 g/mol. The van der Waals surface area contributed by atoms with Crippen molar-refractivity contribution in [2.75, 3.05) is 24.4 Å². The summed E-state index contributed by atoms with van der Waals surface area (Å²) in [5.74, 6) is 1.19. The number of thioether (sulfide) groups is 1. The number of ether oxygens (including phenoxy) is 2. The Balaban J connectivity index is 1.39. The van der Waals surface area contributed by atoms with Crippen molar-refractivity contribution in [1.29, 1.82) is 0 Å². The van der Waals surface area contributed by atoms with Crippen molar-refractivity contribution in [3.8, 4) is 17.2 Å². The minimum absolute atomic E-state index is 0.121. The molecule has 0 fully saturated rings. The highest BCUT2D eigenvalue weighted by Crippen LogP contribution is 2.48. The first kappa shape index (κ1) is 19.0. The molecule has 0 saturated heterocycles. The Bertz CT molecular complexity index is 999. The molecule has 0 aromatic heterocycles.